The van der Waals surface area contributed by atoms with Crippen LogP contribution in [0.5, 0.6) is 0 Å². The van der Waals surface area contributed by atoms with Crippen molar-refractivity contribution in [3.63, 3.8) is 0 Å². The number of benzene rings is 1. The number of nitrogens with zero attached hydrogens (tertiary/aromatic N) is 3. The van der Waals surface area contributed by atoms with Gasteiger partial charge in [-0.3, -0.25) is 4.79 Å². The molecule has 1 unspecified atom stereocenters. The number of hydrogen-bond acceptors (Lipinski definition) is 4. The first-order valence-electron chi connectivity index (χ1n) is 8.07. The van der Waals surface area contributed by atoms with Crippen LogP contribution in [0.1, 0.15) is 23.2 Å². The SMILES string of the molecule is O=C(c1ccc(-c2cc3cncnc3[nH]2)cc1)N1CCCC(O)C1. The molecule has 1 aliphatic rings. The number of carbonyl (C=O) groups excluding carboxylic acids is 1. The third-order valence-electron chi connectivity index (χ3n) is 4.42. The minimum Gasteiger partial charge on any atom is -0.391 e. The lowest BCUT2D eigenvalue weighted by Crippen LogP contribution is -2.42. The minimum atomic E-state index is -0.408. The van der Waals surface area contributed by atoms with Gasteiger partial charge >= 0.3 is 0 Å². The largest absolute Gasteiger partial charge is 0.391 e. The van der Waals surface area contributed by atoms with E-state index in [4.69, 9.17) is 0 Å². The van der Waals surface area contributed by atoms with Crippen molar-refractivity contribution in [1.82, 2.24) is 19.9 Å². The molecule has 2 aromatic heterocycles. The monoisotopic (exact) mass is 322 g/mol. The van der Waals surface area contributed by atoms with Crippen molar-refractivity contribution in [2.75, 3.05) is 13.1 Å². The van der Waals surface area contributed by atoms with E-state index in [1.807, 2.05) is 30.3 Å². The standard InChI is InChI=1S/C18H18N4O2/c23-15-2-1-7-22(10-15)18(24)13-5-3-12(4-6-13)16-8-14-9-19-11-20-17(14)21-16/h3-6,8-9,11,15,23H,1-2,7,10H2,(H,19,20,21). The zero-order chi connectivity index (χ0) is 16.5. The van der Waals surface area contributed by atoms with Gasteiger partial charge in [-0.25, -0.2) is 9.97 Å². The van der Waals surface area contributed by atoms with Gasteiger partial charge in [-0.15, -0.1) is 0 Å². The normalized spacial score (nSPS) is 18.0. The summed E-state index contributed by atoms with van der Waals surface area (Å²) in [6, 6.07) is 9.50. The van der Waals surface area contributed by atoms with Gasteiger partial charge in [-0.1, -0.05) is 12.1 Å². The van der Waals surface area contributed by atoms with E-state index in [2.05, 4.69) is 15.0 Å². The summed E-state index contributed by atoms with van der Waals surface area (Å²) in [7, 11) is 0. The third-order valence-corrected chi connectivity index (χ3v) is 4.42. The van der Waals surface area contributed by atoms with E-state index in [0.29, 0.717) is 18.7 Å². The van der Waals surface area contributed by atoms with Gasteiger partial charge in [-0.2, -0.15) is 0 Å². The molecule has 1 aliphatic heterocycles. The third kappa shape index (κ3) is 2.76. The van der Waals surface area contributed by atoms with Crippen molar-refractivity contribution >= 4 is 16.9 Å². The number of nitrogens with one attached hydrogen (secondary N) is 1. The van der Waals surface area contributed by atoms with Crippen LogP contribution in [-0.4, -0.2) is 50.1 Å². The Hall–Kier alpha value is -2.73. The van der Waals surface area contributed by atoms with Gasteiger partial charge in [0.15, 0.2) is 0 Å². The number of β-amino-alcohol motifs (C(OH)–C–C–N with tert-alkyl or cyclic N) is 1. The van der Waals surface area contributed by atoms with Crippen LogP contribution in [0, 0.1) is 0 Å². The highest BCUT2D eigenvalue weighted by Gasteiger charge is 2.22. The minimum absolute atomic E-state index is 0.0252. The lowest BCUT2D eigenvalue weighted by Gasteiger charge is -2.30. The molecule has 6 nitrogen and oxygen atoms in total. The number of piperidine rings is 1. The molecule has 0 radical (unpaired) electrons. The number of rotatable bonds is 2. The molecule has 24 heavy (non-hydrogen) atoms. The number of amides is 1. The predicted octanol–water partition coefficient (Wildman–Crippen LogP) is 2.22. The van der Waals surface area contributed by atoms with E-state index >= 15 is 0 Å². The summed E-state index contributed by atoms with van der Waals surface area (Å²) >= 11 is 0. The number of aromatic amines is 1. The van der Waals surface area contributed by atoms with E-state index in [1.54, 1.807) is 11.1 Å². The summed E-state index contributed by atoms with van der Waals surface area (Å²) in [4.78, 5) is 25.7. The van der Waals surface area contributed by atoms with Crippen LogP contribution in [0.3, 0.4) is 0 Å². The van der Waals surface area contributed by atoms with Gasteiger partial charge in [0.05, 0.1) is 6.10 Å². The van der Waals surface area contributed by atoms with Gasteiger partial charge in [0.1, 0.15) is 12.0 Å². The molecule has 0 saturated carbocycles. The Bertz CT molecular complexity index is 839. The second kappa shape index (κ2) is 6.05. The van der Waals surface area contributed by atoms with Gasteiger partial charge in [0, 0.05) is 35.9 Å². The topological polar surface area (TPSA) is 82.1 Å². The van der Waals surface area contributed by atoms with Crippen molar-refractivity contribution in [1.29, 1.82) is 0 Å². The van der Waals surface area contributed by atoms with Crippen LogP contribution >= 0.6 is 0 Å². The molecule has 1 atom stereocenters. The second-order valence-electron chi connectivity index (χ2n) is 6.13. The predicted molar refractivity (Wildman–Crippen MR) is 90.5 cm³/mol. The van der Waals surface area contributed by atoms with Gasteiger partial charge in [-0.05, 0) is 36.6 Å². The molecular formula is C18H18N4O2. The molecule has 1 fully saturated rings. The first-order chi connectivity index (χ1) is 11.7. The molecule has 0 spiro atoms. The Labute approximate surface area is 139 Å². The van der Waals surface area contributed by atoms with E-state index < -0.39 is 6.10 Å². The number of likely N-dealkylation sites (tertiary alicyclic amines) is 1. The summed E-state index contributed by atoms with van der Waals surface area (Å²) in [6.45, 7) is 1.12. The van der Waals surface area contributed by atoms with E-state index in [9.17, 15) is 9.90 Å². The lowest BCUT2D eigenvalue weighted by atomic mass is 10.1. The maximum absolute atomic E-state index is 12.5. The maximum atomic E-state index is 12.5. The van der Waals surface area contributed by atoms with Crippen LogP contribution in [-0.2, 0) is 0 Å². The first kappa shape index (κ1) is 14.8. The van der Waals surface area contributed by atoms with Crippen LogP contribution in [0.4, 0.5) is 0 Å². The van der Waals surface area contributed by atoms with E-state index in [1.165, 1.54) is 6.33 Å². The fraction of sp³-hybridized carbons (Fsp3) is 0.278. The smallest absolute Gasteiger partial charge is 0.253 e. The van der Waals surface area contributed by atoms with Gasteiger partial charge < -0.3 is 15.0 Å². The van der Waals surface area contributed by atoms with Crippen molar-refractivity contribution in [2.45, 2.75) is 18.9 Å². The second-order valence-corrected chi connectivity index (χ2v) is 6.13. The zero-order valence-electron chi connectivity index (χ0n) is 13.1. The molecule has 3 aromatic rings. The Morgan fingerprint density at radius 3 is 2.88 bits per heavy atom. The molecule has 0 bridgehead atoms. The summed E-state index contributed by atoms with van der Waals surface area (Å²) in [6.07, 6.45) is 4.49. The van der Waals surface area contributed by atoms with Crippen LogP contribution in [0.25, 0.3) is 22.3 Å². The highest BCUT2D eigenvalue weighted by atomic mass is 16.3. The van der Waals surface area contributed by atoms with Gasteiger partial charge in [0.25, 0.3) is 5.91 Å². The zero-order valence-corrected chi connectivity index (χ0v) is 13.1. The summed E-state index contributed by atoms with van der Waals surface area (Å²) in [5.74, 6) is -0.0252. The van der Waals surface area contributed by atoms with Crippen molar-refractivity contribution in [3.8, 4) is 11.3 Å². The van der Waals surface area contributed by atoms with Crippen molar-refractivity contribution in [2.24, 2.45) is 0 Å². The van der Waals surface area contributed by atoms with Crippen LogP contribution in [0.15, 0.2) is 42.9 Å². The fourth-order valence-corrected chi connectivity index (χ4v) is 3.14. The lowest BCUT2D eigenvalue weighted by molar-refractivity contribution is 0.0474. The Balaban J connectivity index is 1.57. The number of fused-ring (bicyclic) bond motifs is 1. The molecule has 2 N–H and O–H groups in total. The van der Waals surface area contributed by atoms with Gasteiger partial charge in [0.2, 0.25) is 0 Å². The van der Waals surface area contributed by atoms with Crippen LogP contribution in [0.2, 0.25) is 0 Å². The highest BCUT2D eigenvalue weighted by Crippen LogP contribution is 2.23. The molecule has 0 aliphatic carbocycles. The highest BCUT2D eigenvalue weighted by molar-refractivity contribution is 5.95. The molecular weight excluding hydrogens is 304 g/mol. The Kier molecular flexibility index (Phi) is 3.74. The van der Waals surface area contributed by atoms with Crippen LogP contribution < -0.4 is 0 Å². The molecule has 1 aromatic carbocycles. The quantitative estimate of drug-likeness (QED) is 0.758. The Morgan fingerprint density at radius 1 is 1.29 bits per heavy atom. The Morgan fingerprint density at radius 2 is 2.12 bits per heavy atom. The molecule has 122 valence electrons. The number of aliphatic hydroxyl groups is 1. The average Bonchev–Trinajstić information content (AvgIpc) is 3.05. The molecule has 6 heteroatoms. The average molecular weight is 322 g/mol. The fourth-order valence-electron chi connectivity index (χ4n) is 3.14. The number of aromatic nitrogens is 3. The van der Waals surface area contributed by atoms with E-state index in [-0.39, 0.29) is 5.91 Å². The number of carbonyl (C=O) groups is 1. The first-order valence-corrected chi connectivity index (χ1v) is 8.07. The number of aliphatic hydroxyl groups excluding tert-OH is 1. The molecule has 1 amide bonds. The number of hydrogen-bond donors (Lipinski definition) is 2. The molecule has 1 saturated heterocycles. The number of H-pyrrole nitrogens is 1. The molecule has 3 heterocycles. The maximum Gasteiger partial charge on any atom is 0.253 e. The summed E-state index contributed by atoms with van der Waals surface area (Å²) < 4.78 is 0. The molecule has 4 rings (SSSR count). The van der Waals surface area contributed by atoms with Crippen molar-refractivity contribution < 1.29 is 9.90 Å². The van der Waals surface area contributed by atoms with E-state index in [0.717, 1.165) is 35.1 Å². The summed E-state index contributed by atoms with van der Waals surface area (Å²) in [5, 5.41) is 10.7. The summed E-state index contributed by atoms with van der Waals surface area (Å²) in [5.41, 5.74) is 3.37. The van der Waals surface area contributed by atoms with Crippen molar-refractivity contribution in [3.05, 3.63) is 48.4 Å².